The highest BCUT2D eigenvalue weighted by molar-refractivity contribution is 5.93. The van der Waals surface area contributed by atoms with Crippen molar-refractivity contribution in [3.8, 4) is 0 Å². The van der Waals surface area contributed by atoms with Crippen molar-refractivity contribution in [3.05, 3.63) is 58.9 Å². The highest BCUT2D eigenvalue weighted by atomic mass is 19.4. The van der Waals surface area contributed by atoms with E-state index in [1.807, 2.05) is 41.3 Å². The summed E-state index contributed by atoms with van der Waals surface area (Å²) in [6.45, 7) is 0.241. The van der Waals surface area contributed by atoms with Gasteiger partial charge in [0.2, 0.25) is 0 Å². The normalized spacial score (nSPS) is 17.6. The van der Waals surface area contributed by atoms with E-state index in [9.17, 15) is 18.0 Å². The molecule has 0 radical (unpaired) electrons. The SMILES string of the molecule is CO.NCc1ccc2[nH]c(CC3c4ccccc4NC(=O)N3C3CC3)nc2c1CCCC(F)(F)F. The third kappa shape index (κ3) is 5.43. The van der Waals surface area contributed by atoms with E-state index >= 15 is 0 Å². The molecule has 0 spiro atoms. The Morgan fingerprint density at radius 2 is 1.91 bits per heavy atom. The predicted molar refractivity (Wildman–Crippen MR) is 128 cm³/mol. The molecule has 10 heteroatoms. The predicted octanol–water partition coefficient (Wildman–Crippen LogP) is 4.81. The Morgan fingerprint density at radius 3 is 2.60 bits per heavy atom. The zero-order valence-electron chi connectivity index (χ0n) is 19.5. The van der Waals surface area contributed by atoms with Gasteiger partial charge in [0.25, 0.3) is 0 Å². The number of aliphatic hydroxyl groups is 1. The molecule has 7 nitrogen and oxygen atoms in total. The summed E-state index contributed by atoms with van der Waals surface area (Å²) < 4.78 is 38.1. The molecule has 5 rings (SSSR count). The van der Waals surface area contributed by atoms with E-state index in [1.54, 1.807) is 0 Å². The monoisotopic (exact) mass is 489 g/mol. The molecule has 1 fully saturated rings. The number of halogens is 3. The molecule has 1 aliphatic carbocycles. The number of aromatic amines is 1. The first-order valence-electron chi connectivity index (χ1n) is 11.7. The van der Waals surface area contributed by atoms with Crippen LogP contribution >= 0.6 is 0 Å². The summed E-state index contributed by atoms with van der Waals surface area (Å²) in [6, 6.07) is 11.5. The molecule has 5 N–H and O–H groups in total. The summed E-state index contributed by atoms with van der Waals surface area (Å²) in [6.07, 6.45) is -2.32. The molecule has 1 saturated carbocycles. The fraction of sp³-hybridized carbons (Fsp3) is 0.440. The van der Waals surface area contributed by atoms with Crippen molar-refractivity contribution < 1.29 is 23.1 Å². The number of hydrogen-bond acceptors (Lipinski definition) is 4. The van der Waals surface area contributed by atoms with E-state index in [-0.39, 0.29) is 37.5 Å². The third-order valence-electron chi connectivity index (χ3n) is 6.47. The maximum absolute atomic E-state index is 12.8. The van der Waals surface area contributed by atoms with Gasteiger partial charge in [-0.05, 0) is 54.5 Å². The molecule has 35 heavy (non-hydrogen) atoms. The van der Waals surface area contributed by atoms with E-state index in [2.05, 4.69) is 10.3 Å². The number of para-hydroxylation sites is 1. The second-order valence-corrected chi connectivity index (χ2v) is 8.83. The van der Waals surface area contributed by atoms with E-state index in [4.69, 9.17) is 15.8 Å². The number of benzene rings is 2. The molecule has 1 unspecified atom stereocenters. The number of hydrogen-bond donors (Lipinski definition) is 4. The number of rotatable bonds is 7. The molecule has 2 heterocycles. The number of aromatic nitrogens is 2. The summed E-state index contributed by atoms with van der Waals surface area (Å²) in [7, 11) is 1.00. The zero-order chi connectivity index (χ0) is 25.2. The number of urea groups is 1. The highest BCUT2D eigenvalue weighted by Gasteiger charge is 2.42. The summed E-state index contributed by atoms with van der Waals surface area (Å²) in [5.41, 5.74) is 10.7. The van der Waals surface area contributed by atoms with Crippen LogP contribution in [0.4, 0.5) is 23.7 Å². The van der Waals surface area contributed by atoms with Gasteiger partial charge in [-0.15, -0.1) is 0 Å². The van der Waals surface area contributed by atoms with Crippen molar-refractivity contribution in [3.63, 3.8) is 0 Å². The Bertz CT molecular complexity index is 1190. The van der Waals surface area contributed by atoms with Gasteiger partial charge in [-0.25, -0.2) is 9.78 Å². The van der Waals surface area contributed by atoms with Crippen LogP contribution in [0.15, 0.2) is 36.4 Å². The first-order chi connectivity index (χ1) is 16.8. The number of aliphatic hydroxyl groups excluding tert-OH is 1. The number of fused-ring (bicyclic) bond motifs is 2. The fourth-order valence-corrected chi connectivity index (χ4v) is 4.79. The second kappa shape index (κ2) is 10.2. The van der Waals surface area contributed by atoms with Crippen molar-refractivity contribution in [2.75, 3.05) is 12.4 Å². The lowest BCUT2D eigenvalue weighted by atomic mass is 9.97. The van der Waals surface area contributed by atoms with Crippen LogP contribution in [0.2, 0.25) is 0 Å². The molecule has 2 aromatic carbocycles. The van der Waals surface area contributed by atoms with Crippen molar-refractivity contribution >= 4 is 22.8 Å². The van der Waals surface area contributed by atoms with Gasteiger partial charge in [0, 0.05) is 38.2 Å². The maximum Gasteiger partial charge on any atom is 0.389 e. The number of imidazole rings is 1. The Balaban J connectivity index is 0.00000141. The van der Waals surface area contributed by atoms with Gasteiger partial charge < -0.3 is 26.0 Å². The topological polar surface area (TPSA) is 107 Å². The molecule has 1 aromatic heterocycles. The second-order valence-electron chi connectivity index (χ2n) is 8.83. The molecular formula is C25H30F3N5O2. The Kier molecular flexibility index (Phi) is 7.32. The number of alkyl halides is 3. The Labute approximate surface area is 201 Å². The van der Waals surface area contributed by atoms with E-state index in [0.29, 0.717) is 17.8 Å². The smallest absolute Gasteiger partial charge is 0.389 e. The molecule has 1 aliphatic heterocycles. The fourth-order valence-electron chi connectivity index (χ4n) is 4.79. The first kappa shape index (κ1) is 25.0. The van der Waals surface area contributed by atoms with Gasteiger partial charge in [-0.2, -0.15) is 13.2 Å². The van der Waals surface area contributed by atoms with Gasteiger partial charge in [0.05, 0.1) is 17.1 Å². The van der Waals surface area contributed by atoms with Crippen molar-refractivity contribution in [1.29, 1.82) is 0 Å². The first-order valence-corrected chi connectivity index (χ1v) is 11.7. The van der Waals surface area contributed by atoms with E-state index in [1.165, 1.54) is 0 Å². The van der Waals surface area contributed by atoms with E-state index in [0.717, 1.165) is 47.8 Å². The number of carbonyl (C=O) groups is 1. The highest BCUT2D eigenvalue weighted by Crippen LogP contribution is 2.42. The minimum absolute atomic E-state index is 0.0105. The van der Waals surface area contributed by atoms with Crippen LogP contribution in [0.5, 0.6) is 0 Å². The molecule has 0 bridgehead atoms. The average Bonchev–Trinajstić information content (AvgIpc) is 3.58. The molecule has 2 amide bonds. The van der Waals surface area contributed by atoms with E-state index < -0.39 is 12.6 Å². The lowest BCUT2D eigenvalue weighted by Crippen LogP contribution is -2.44. The molecule has 188 valence electrons. The van der Waals surface area contributed by atoms with Crippen LogP contribution in [-0.4, -0.2) is 45.3 Å². The zero-order valence-corrected chi connectivity index (χ0v) is 19.5. The molecule has 1 atom stereocenters. The summed E-state index contributed by atoms with van der Waals surface area (Å²) in [5.74, 6) is 0.705. The minimum Gasteiger partial charge on any atom is -0.400 e. The van der Waals surface area contributed by atoms with Crippen molar-refractivity contribution in [1.82, 2.24) is 14.9 Å². The largest absolute Gasteiger partial charge is 0.400 e. The lowest BCUT2D eigenvalue weighted by molar-refractivity contribution is -0.135. The van der Waals surface area contributed by atoms with Gasteiger partial charge in [0.15, 0.2) is 0 Å². The van der Waals surface area contributed by atoms with Crippen LogP contribution in [0.1, 0.15) is 54.2 Å². The number of nitrogens with one attached hydrogen (secondary N) is 2. The van der Waals surface area contributed by atoms with Crippen molar-refractivity contribution in [2.45, 2.75) is 63.3 Å². The van der Waals surface area contributed by atoms with Crippen LogP contribution < -0.4 is 11.1 Å². The molecule has 2 aliphatic rings. The van der Waals surface area contributed by atoms with Crippen LogP contribution in [0.25, 0.3) is 11.0 Å². The number of aryl methyl sites for hydroxylation is 1. The van der Waals surface area contributed by atoms with Crippen LogP contribution in [-0.2, 0) is 19.4 Å². The maximum atomic E-state index is 12.8. The van der Waals surface area contributed by atoms with Crippen LogP contribution in [0.3, 0.4) is 0 Å². The molecular weight excluding hydrogens is 459 g/mol. The summed E-state index contributed by atoms with van der Waals surface area (Å²) in [4.78, 5) is 22.9. The lowest BCUT2D eigenvalue weighted by Gasteiger charge is -2.37. The third-order valence-corrected chi connectivity index (χ3v) is 6.47. The Morgan fingerprint density at radius 1 is 1.17 bits per heavy atom. The number of anilines is 1. The number of amides is 2. The van der Waals surface area contributed by atoms with Gasteiger partial charge >= 0.3 is 12.2 Å². The average molecular weight is 490 g/mol. The van der Waals surface area contributed by atoms with Gasteiger partial charge in [-0.1, -0.05) is 24.3 Å². The molecule has 0 saturated heterocycles. The summed E-state index contributed by atoms with van der Waals surface area (Å²) >= 11 is 0. The van der Waals surface area contributed by atoms with Gasteiger partial charge in [-0.3, -0.25) is 0 Å². The number of carbonyl (C=O) groups excluding carboxylic acids is 1. The minimum atomic E-state index is -4.19. The number of nitrogens with zero attached hydrogens (tertiary/aromatic N) is 2. The molecule has 3 aromatic rings. The Hall–Kier alpha value is -3.11. The standard InChI is InChI=1S/C24H26F3N5O.CH4O/c25-24(26,27)11-3-5-16-14(13-28)7-10-19-22(16)31-21(29-19)12-20-17-4-1-2-6-18(17)30-23(33)32(20)15-8-9-15;1-2/h1-2,4,6-7,10,15,20H,3,5,8-9,11-13,28H2,(H,29,31)(H,30,33);2H,1H3. The van der Waals surface area contributed by atoms with Gasteiger partial charge in [0.1, 0.15) is 5.82 Å². The summed E-state index contributed by atoms with van der Waals surface area (Å²) in [5, 5.41) is 9.98. The quantitative estimate of drug-likeness (QED) is 0.382. The number of H-pyrrole nitrogens is 1. The van der Waals surface area contributed by atoms with Crippen molar-refractivity contribution in [2.24, 2.45) is 5.73 Å². The number of nitrogens with two attached hydrogens (primary N) is 1. The van der Waals surface area contributed by atoms with Crippen LogP contribution in [0, 0.1) is 0 Å².